The van der Waals surface area contributed by atoms with Gasteiger partial charge in [0.2, 0.25) is 0 Å². The number of pyridine rings is 1. The van der Waals surface area contributed by atoms with E-state index in [0.29, 0.717) is 16.7 Å². The van der Waals surface area contributed by atoms with Crippen LogP contribution in [0.3, 0.4) is 0 Å². The van der Waals surface area contributed by atoms with Crippen LogP contribution in [0.2, 0.25) is 0 Å². The fourth-order valence-electron chi connectivity index (χ4n) is 1.47. The molecule has 0 saturated heterocycles. The maximum atomic E-state index is 12.0. The van der Waals surface area contributed by atoms with Crippen LogP contribution in [0.4, 0.5) is 0 Å². The number of ketones is 1. The Morgan fingerprint density at radius 1 is 0.941 bits per heavy atom. The van der Waals surface area contributed by atoms with Gasteiger partial charge in [-0.1, -0.05) is 24.3 Å². The lowest BCUT2D eigenvalue weighted by Crippen LogP contribution is -2.11. The van der Waals surface area contributed by atoms with Crippen molar-refractivity contribution in [3.05, 3.63) is 65.5 Å². The number of carbonyl (C=O) groups is 1. The summed E-state index contributed by atoms with van der Waals surface area (Å²) in [7, 11) is 0. The lowest BCUT2D eigenvalue weighted by Gasteiger charge is -2.02. The molecule has 0 unspecified atom stereocenters. The van der Waals surface area contributed by atoms with Crippen LogP contribution < -0.4 is 5.73 Å². The average molecular weight is 225 g/mol. The van der Waals surface area contributed by atoms with Crippen molar-refractivity contribution in [3.63, 3.8) is 0 Å². The van der Waals surface area contributed by atoms with Crippen LogP contribution in [0, 0.1) is 5.41 Å². The van der Waals surface area contributed by atoms with E-state index in [4.69, 9.17) is 11.1 Å². The minimum Gasteiger partial charge on any atom is -0.384 e. The summed E-state index contributed by atoms with van der Waals surface area (Å²) in [6.45, 7) is 0. The highest BCUT2D eigenvalue weighted by Gasteiger charge is 2.08. The molecule has 1 aromatic carbocycles. The molecule has 2 aromatic rings. The first-order chi connectivity index (χ1) is 8.18. The number of amidine groups is 1. The Bertz CT molecular complexity index is 547. The summed E-state index contributed by atoms with van der Waals surface area (Å²) in [4.78, 5) is 15.9. The van der Waals surface area contributed by atoms with E-state index < -0.39 is 0 Å². The van der Waals surface area contributed by atoms with E-state index >= 15 is 0 Å². The monoisotopic (exact) mass is 225 g/mol. The molecule has 0 aliphatic carbocycles. The molecule has 1 aromatic heterocycles. The van der Waals surface area contributed by atoms with Gasteiger partial charge >= 0.3 is 0 Å². The van der Waals surface area contributed by atoms with Crippen molar-refractivity contribution in [3.8, 4) is 0 Å². The fourth-order valence-corrected chi connectivity index (χ4v) is 1.47. The number of aromatic nitrogens is 1. The van der Waals surface area contributed by atoms with Gasteiger partial charge in [-0.3, -0.25) is 15.2 Å². The topological polar surface area (TPSA) is 79.8 Å². The minimum absolute atomic E-state index is 0.00656. The maximum absolute atomic E-state index is 12.0. The second kappa shape index (κ2) is 4.57. The summed E-state index contributed by atoms with van der Waals surface area (Å²) in [6, 6.07) is 9.99. The number of nitrogens with two attached hydrogens (primary N) is 1. The Kier molecular flexibility index (Phi) is 2.96. The first-order valence-corrected chi connectivity index (χ1v) is 5.07. The Labute approximate surface area is 98.6 Å². The summed E-state index contributed by atoms with van der Waals surface area (Å²) in [5.74, 6) is -0.0737. The lowest BCUT2D eigenvalue weighted by molar-refractivity contribution is 0.103. The standard InChI is InChI=1S/C13H11N3O/c14-13(15)11-3-1-9(2-4-11)12(17)10-5-7-16-8-6-10/h1-8H,(H3,14,15). The smallest absolute Gasteiger partial charge is 0.193 e. The second-order valence-corrected chi connectivity index (χ2v) is 3.56. The molecule has 0 atom stereocenters. The molecule has 0 fully saturated rings. The number of nitrogens with one attached hydrogen (secondary N) is 1. The highest BCUT2D eigenvalue weighted by Crippen LogP contribution is 2.10. The summed E-state index contributed by atoms with van der Waals surface area (Å²) < 4.78 is 0. The Morgan fingerprint density at radius 2 is 1.41 bits per heavy atom. The Balaban J connectivity index is 2.30. The van der Waals surface area contributed by atoms with Crippen molar-refractivity contribution in [2.24, 2.45) is 5.73 Å². The average Bonchev–Trinajstić information content (AvgIpc) is 2.39. The summed E-state index contributed by atoms with van der Waals surface area (Å²) in [5, 5.41) is 7.26. The molecule has 17 heavy (non-hydrogen) atoms. The number of nitrogens with zero attached hydrogens (tertiary/aromatic N) is 1. The van der Waals surface area contributed by atoms with Crippen molar-refractivity contribution in [2.45, 2.75) is 0 Å². The number of hydrogen-bond acceptors (Lipinski definition) is 3. The molecule has 1 heterocycles. The highest BCUT2D eigenvalue weighted by molar-refractivity contribution is 6.09. The summed E-state index contributed by atoms with van der Waals surface area (Å²) in [6.07, 6.45) is 3.16. The van der Waals surface area contributed by atoms with Crippen LogP contribution in [0.15, 0.2) is 48.8 Å². The van der Waals surface area contributed by atoms with Crippen LogP contribution in [0.25, 0.3) is 0 Å². The van der Waals surface area contributed by atoms with Gasteiger partial charge in [-0.15, -0.1) is 0 Å². The van der Waals surface area contributed by atoms with Crippen molar-refractivity contribution < 1.29 is 4.79 Å². The van der Waals surface area contributed by atoms with Gasteiger partial charge in [-0.25, -0.2) is 0 Å². The van der Waals surface area contributed by atoms with Crippen LogP contribution in [-0.4, -0.2) is 16.6 Å². The van der Waals surface area contributed by atoms with Gasteiger partial charge in [0.25, 0.3) is 0 Å². The number of carbonyl (C=O) groups excluding carboxylic acids is 1. The molecule has 0 aliphatic heterocycles. The summed E-state index contributed by atoms with van der Waals surface area (Å²) in [5.41, 5.74) is 7.11. The molecular weight excluding hydrogens is 214 g/mol. The van der Waals surface area contributed by atoms with Crippen molar-refractivity contribution in [1.29, 1.82) is 5.41 Å². The SMILES string of the molecule is N=C(N)c1ccc(C(=O)c2ccncc2)cc1. The molecule has 0 radical (unpaired) electrons. The number of nitrogen functional groups attached to an aromatic ring is 1. The summed E-state index contributed by atoms with van der Waals surface area (Å²) >= 11 is 0. The van der Waals surface area contributed by atoms with E-state index in [1.54, 1.807) is 48.8 Å². The van der Waals surface area contributed by atoms with E-state index in [0.717, 1.165) is 0 Å². The third-order valence-electron chi connectivity index (χ3n) is 2.40. The van der Waals surface area contributed by atoms with Gasteiger partial charge in [-0.05, 0) is 12.1 Å². The van der Waals surface area contributed by atoms with Crippen LogP contribution in [0.1, 0.15) is 21.5 Å². The normalized spacial score (nSPS) is 9.88. The van der Waals surface area contributed by atoms with Gasteiger partial charge in [0.1, 0.15) is 5.84 Å². The molecule has 4 nitrogen and oxygen atoms in total. The van der Waals surface area contributed by atoms with Gasteiger partial charge < -0.3 is 5.73 Å². The number of hydrogen-bond donors (Lipinski definition) is 2. The van der Waals surface area contributed by atoms with Crippen molar-refractivity contribution in [2.75, 3.05) is 0 Å². The molecule has 3 N–H and O–H groups in total. The molecule has 0 aliphatic rings. The second-order valence-electron chi connectivity index (χ2n) is 3.56. The highest BCUT2D eigenvalue weighted by atomic mass is 16.1. The van der Waals surface area contributed by atoms with E-state index in [2.05, 4.69) is 4.98 Å². The predicted octanol–water partition coefficient (Wildman–Crippen LogP) is 1.60. The molecule has 0 spiro atoms. The van der Waals surface area contributed by atoms with Crippen LogP contribution >= 0.6 is 0 Å². The first kappa shape index (κ1) is 11.0. The number of benzene rings is 1. The van der Waals surface area contributed by atoms with Gasteiger partial charge in [0.15, 0.2) is 5.78 Å². The molecule has 0 bridgehead atoms. The Morgan fingerprint density at radius 3 is 1.94 bits per heavy atom. The Hall–Kier alpha value is -2.49. The van der Waals surface area contributed by atoms with Crippen LogP contribution in [-0.2, 0) is 0 Å². The molecule has 0 saturated carbocycles. The van der Waals surface area contributed by atoms with Crippen molar-refractivity contribution >= 4 is 11.6 Å². The van der Waals surface area contributed by atoms with Crippen LogP contribution in [0.5, 0.6) is 0 Å². The van der Waals surface area contributed by atoms with E-state index in [1.165, 1.54) is 0 Å². The molecule has 2 rings (SSSR count). The van der Waals surface area contributed by atoms with Crippen molar-refractivity contribution in [1.82, 2.24) is 4.98 Å². The fraction of sp³-hybridized carbons (Fsp3) is 0. The van der Waals surface area contributed by atoms with Gasteiger partial charge in [0, 0.05) is 29.1 Å². The zero-order valence-electron chi connectivity index (χ0n) is 9.05. The number of rotatable bonds is 3. The molecular formula is C13H11N3O. The largest absolute Gasteiger partial charge is 0.384 e. The van der Waals surface area contributed by atoms with Gasteiger partial charge in [0.05, 0.1) is 0 Å². The third kappa shape index (κ3) is 2.36. The molecule has 84 valence electrons. The van der Waals surface area contributed by atoms with E-state index in [9.17, 15) is 4.79 Å². The molecule has 0 amide bonds. The van der Waals surface area contributed by atoms with Gasteiger partial charge in [-0.2, -0.15) is 0 Å². The first-order valence-electron chi connectivity index (χ1n) is 5.07. The minimum atomic E-state index is -0.0671. The van der Waals surface area contributed by atoms with E-state index in [1.807, 2.05) is 0 Å². The quantitative estimate of drug-likeness (QED) is 0.473. The third-order valence-corrected chi connectivity index (χ3v) is 2.40. The zero-order valence-corrected chi connectivity index (χ0v) is 9.05. The zero-order chi connectivity index (χ0) is 12.3. The predicted molar refractivity (Wildman–Crippen MR) is 65.1 cm³/mol. The molecule has 4 heteroatoms. The lowest BCUT2D eigenvalue weighted by atomic mass is 10.0. The van der Waals surface area contributed by atoms with E-state index in [-0.39, 0.29) is 11.6 Å². The maximum Gasteiger partial charge on any atom is 0.193 e.